The van der Waals surface area contributed by atoms with Crippen molar-refractivity contribution in [2.45, 2.75) is 45.6 Å². The lowest BCUT2D eigenvalue weighted by Gasteiger charge is -2.28. The number of fused-ring (bicyclic) bond motifs is 2. The zero-order valence-corrected chi connectivity index (χ0v) is 20.2. The lowest BCUT2D eigenvalue weighted by atomic mass is 9.91. The molecular weight excluding hydrogens is 443 g/mol. The quantitative estimate of drug-likeness (QED) is 0.219. The second-order valence-corrected chi connectivity index (χ2v) is 9.27. The Bertz CT molecular complexity index is 1500. The third kappa shape index (κ3) is 4.63. The number of rotatable bonds is 6. The van der Waals surface area contributed by atoms with Crippen LogP contribution in [0.4, 0.5) is 4.39 Å². The number of hydrogen-bond donors (Lipinski definition) is 2. The molecule has 1 aromatic heterocycles. The van der Waals surface area contributed by atoms with E-state index in [0.717, 1.165) is 22.0 Å². The van der Waals surface area contributed by atoms with Crippen LogP contribution in [-0.4, -0.2) is 22.4 Å². The van der Waals surface area contributed by atoms with E-state index in [1.165, 1.54) is 13.0 Å². The molecule has 0 saturated carbocycles. The molecule has 6 heteroatoms. The Kier molecular flexibility index (Phi) is 6.36. The normalized spacial score (nSPS) is 12.9. The second-order valence-electron chi connectivity index (χ2n) is 9.27. The fraction of sp³-hybridized carbons (Fsp3) is 0.241. The van der Waals surface area contributed by atoms with Crippen LogP contribution >= 0.6 is 0 Å². The molecule has 1 amide bonds. The van der Waals surface area contributed by atoms with Crippen molar-refractivity contribution >= 4 is 33.6 Å². The van der Waals surface area contributed by atoms with Crippen molar-refractivity contribution in [1.29, 1.82) is 0 Å². The molecule has 1 atom stereocenters. The second kappa shape index (κ2) is 9.27. The predicted octanol–water partition coefficient (Wildman–Crippen LogP) is 5.61. The van der Waals surface area contributed by atoms with Crippen LogP contribution in [0.15, 0.2) is 54.7 Å². The predicted molar refractivity (Wildman–Crippen MR) is 136 cm³/mol. The van der Waals surface area contributed by atoms with E-state index in [1.807, 2.05) is 44.3 Å². The molecule has 0 saturated heterocycles. The molecule has 5 nitrogen and oxygen atoms in total. The van der Waals surface area contributed by atoms with Gasteiger partial charge in [-0.3, -0.25) is 4.79 Å². The molecule has 0 fully saturated rings. The number of aromatic nitrogens is 1. The lowest BCUT2D eigenvalue weighted by Crippen LogP contribution is -2.55. The Morgan fingerprint density at radius 3 is 2.63 bits per heavy atom. The van der Waals surface area contributed by atoms with E-state index in [9.17, 15) is 14.0 Å². The Morgan fingerprint density at radius 2 is 1.94 bits per heavy atom. The van der Waals surface area contributed by atoms with Crippen LogP contribution in [0.1, 0.15) is 50.3 Å². The van der Waals surface area contributed by atoms with Crippen LogP contribution < -0.4 is 10.1 Å². The summed E-state index contributed by atoms with van der Waals surface area (Å²) in [6.45, 7) is 6.94. The van der Waals surface area contributed by atoms with Crippen LogP contribution in [0.5, 0.6) is 5.75 Å². The molecule has 0 aliphatic rings. The number of esters is 1. The highest BCUT2D eigenvalue weighted by Gasteiger charge is 2.37. The van der Waals surface area contributed by atoms with Gasteiger partial charge in [-0.1, -0.05) is 44.0 Å². The number of halogens is 1. The maximum atomic E-state index is 14.4. The average molecular weight is 471 g/mol. The maximum absolute atomic E-state index is 14.4. The van der Waals surface area contributed by atoms with Crippen molar-refractivity contribution in [2.75, 3.05) is 0 Å². The third-order valence-corrected chi connectivity index (χ3v) is 6.17. The van der Waals surface area contributed by atoms with Crippen LogP contribution in [0.2, 0.25) is 0 Å². The largest absolute Gasteiger partial charge is 0.425 e. The van der Waals surface area contributed by atoms with Crippen molar-refractivity contribution < 1.29 is 18.7 Å². The molecular formula is C29H27FN2O3. The molecule has 4 aromatic rings. The summed E-state index contributed by atoms with van der Waals surface area (Å²) in [6, 6.07) is 14.1. The van der Waals surface area contributed by atoms with Gasteiger partial charge in [-0.05, 0) is 53.6 Å². The summed E-state index contributed by atoms with van der Waals surface area (Å²) >= 11 is 0. The smallest absolute Gasteiger partial charge is 0.337 e. The van der Waals surface area contributed by atoms with Gasteiger partial charge in [-0.15, -0.1) is 6.42 Å². The van der Waals surface area contributed by atoms with E-state index >= 15 is 0 Å². The van der Waals surface area contributed by atoms with E-state index in [0.29, 0.717) is 16.5 Å². The highest BCUT2D eigenvalue weighted by Crippen LogP contribution is 2.34. The van der Waals surface area contributed by atoms with Crippen LogP contribution in [0.25, 0.3) is 21.7 Å². The van der Waals surface area contributed by atoms with Crippen molar-refractivity contribution in [3.8, 4) is 18.1 Å². The number of H-pyrrole nitrogens is 1. The molecule has 1 heterocycles. The van der Waals surface area contributed by atoms with Gasteiger partial charge in [0, 0.05) is 35.8 Å². The Balaban J connectivity index is 1.73. The summed E-state index contributed by atoms with van der Waals surface area (Å²) in [5.41, 5.74) is 1.45. The van der Waals surface area contributed by atoms with Crippen LogP contribution in [-0.2, 0) is 16.0 Å². The van der Waals surface area contributed by atoms with Gasteiger partial charge in [-0.25, -0.2) is 9.18 Å². The van der Waals surface area contributed by atoms with Crippen molar-refractivity contribution in [3.05, 3.63) is 77.2 Å². The number of amides is 1. The van der Waals surface area contributed by atoms with Gasteiger partial charge in [0.25, 0.3) is 0 Å². The molecule has 0 radical (unpaired) electrons. The molecule has 2 N–H and O–H groups in total. The van der Waals surface area contributed by atoms with Crippen molar-refractivity contribution in [3.63, 3.8) is 0 Å². The SMILES string of the molecule is C#Cc1c(F)ccc2cc(OC(=O)[C@@](C)(Cc3c[nH]c4ccccc34)NC(C)=O)cc(C(C)C)c12. The summed E-state index contributed by atoms with van der Waals surface area (Å²) in [5, 5.41) is 5.04. The Hall–Kier alpha value is -4.11. The minimum Gasteiger partial charge on any atom is -0.425 e. The van der Waals surface area contributed by atoms with E-state index < -0.39 is 17.3 Å². The number of carbonyl (C=O) groups excluding carboxylic acids is 2. The molecule has 0 aliphatic carbocycles. The standard InChI is InChI=1S/C29H27FN2O3/c1-6-22-25(30)12-11-19-13-21(14-24(17(2)3)27(19)22)35-28(34)29(5,32-18(4)33)15-20-16-31-26-10-8-7-9-23(20)26/h1,7-14,16-17,31H,15H2,2-5H3,(H,32,33)/t29-/m1/s1. The van der Waals surface area contributed by atoms with Crippen LogP contribution in [0, 0.1) is 18.2 Å². The van der Waals surface area contributed by atoms with Gasteiger partial charge in [0.2, 0.25) is 5.91 Å². The number of benzene rings is 3. The molecule has 178 valence electrons. The summed E-state index contributed by atoms with van der Waals surface area (Å²) in [5.74, 6) is 1.32. The van der Waals surface area contributed by atoms with Gasteiger partial charge >= 0.3 is 5.97 Å². The molecule has 0 aliphatic heterocycles. The van der Waals surface area contributed by atoms with Gasteiger partial charge in [-0.2, -0.15) is 0 Å². The molecule has 4 rings (SSSR count). The van der Waals surface area contributed by atoms with Crippen molar-refractivity contribution in [2.24, 2.45) is 0 Å². The summed E-state index contributed by atoms with van der Waals surface area (Å²) in [7, 11) is 0. The number of carbonyl (C=O) groups is 2. The van der Waals surface area contributed by atoms with Crippen molar-refractivity contribution in [1.82, 2.24) is 10.3 Å². The first kappa shape index (κ1) is 24.0. The number of ether oxygens (including phenoxy) is 1. The Labute approximate surface area is 203 Å². The molecule has 0 spiro atoms. The zero-order chi connectivity index (χ0) is 25.3. The van der Waals surface area contributed by atoms with E-state index in [-0.39, 0.29) is 23.8 Å². The average Bonchev–Trinajstić information content (AvgIpc) is 3.20. The van der Waals surface area contributed by atoms with Gasteiger partial charge in [0.05, 0.1) is 5.56 Å². The summed E-state index contributed by atoms with van der Waals surface area (Å²) in [4.78, 5) is 28.7. The number of hydrogen-bond acceptors (Lipinski definition) is 3. The summed E-state index contributed by atoms with van der Waals surface area (Å²) < 4.78 is 20.2. The maximum Gasteiger partial charge on any atom is 0.337 e. The number of nitrogens with one attached hydrogen (secondary N) is 2. The highest BCUT2D eigenvalue weighted by atomic mass is 19.1. The minimum absolute atomic E-state index is 0.00185. The lowest BCUT2D eigenvalue weighted by molar-refractivity contribution is -0.143. The minimum atomic E-state index is -1.32. The first-order chi connectivity index (χ1) is 16.6. The number of aromatic amines is 1. The van der Waals surface area contributed by atoms with E-state index in [4.69, 9.17) is 11.2 Å². The van der Waals surface area contributed by atoms with E-state index in [2.05, 4.69) is 16.2 Å². The van der Waals surface area contributed by atoms with Gasteiger partial charge in [0.15, 0.2) is 0 Å². The fourth-order valence-electron chi connectivity index (χ4n) is 4.53. The zero-order valence-electron chi connectivity index (χ0n) is 20.2. The fourth-order valence-corrected chi connectivity index (χ4v) is 4.53. The topological polar surface area (TPSA) is 71.2 Å². The third-order valence-electron chi connectivity index (χ3n) is 6.17. The molecule has 0 bridgehead atoms. The monoisotopic (exact) mass is 470 g/mol. The van der Waals surface area contributed by atoms with Gasteiger partial charge < -0.3 is 15.0 Å². The highest BCUT2D eigenvalue weighted by molar-refractivity contribution is 5.95. The number of para-hydroxylation sites is 1. The summed E-state index contributed by atoms with van der Waals surface area (Å²) in [6.07, 6.45) is 7.66. The first-order valence-electron chi connectivity index (χ1n) is 11.4. The van der Waals surface area contributed by atoms with Crippen LogP contribution in [0.3, 0.4) is 0 Å². The molecule has 3 aromatic carbocycles. The Morgan fingerprint density at radius 1 is 1.20 bits per heavy atom. The number of terminal acetylenes is 1. The van der Waals surface area contributed by atoms with Gasteiger partial charge in [0.1, 0.15) is 17.1 Å². The molecule has 35 heavy (non-hydrogen) atoms. The first-order valence-corrected chi connectivity index (χ1v) is 11.4. The van der Waals surface area contributed by atoms with E-state index in [1.54, 1.807) is 25.1 Å². The molecule has 0 unspecified atom stereocenters.